The van der Waals surface area contributed by atoms with Crippen LogP contribution < -0.4 is 5.73 Å². The van der Waals surface area contributed by atoms with E-state index in [1.54, 1.807) is 0 Å². The summed E-state index contributed by atoms with van der Waals surface area (Å²) in [7, 11) is 0. The average molecular weight is 344 g/mol. The van der Waals surface area contributed by atoms with Crippen molar-refractivity contribution in [1.82, 2.24) is 9.80 Å². The molecule has 2 fully saturated rings. The minimum Gasteiger partial charge on any atom is -0.341 e. The Morgan fingerprint density at radius 2 is 1.80 bits per heavy atom. The van der Waals surface area contributed by atoms with Gasteiger partial charge in [-0.1, -0.05) is 44.2 Å². The Kier molecular flexibility index (Phi) is 6.13. The molecule has 2 N–H and O–H groups in total. The van der Waals surface area contributed by atoms with Crippen molar-refractivity contribution in [1.29, 1.82) is 0 Å². The lowest BCUT2D eigenvalue weighted by Crippen LogP contribution is -2.50. The summed E-state index contributed by atoms with van der Waals surface area (Å²) in [6.07, 6.45) is 4.89. The molecule has 1 aliphatic carbocycles. The normalized spacial score (nSPS) is 20.3. The van der Waals surface area contributed by atoms with Crippen molar-refractivity contribution in [2.45, 2.75) is 58.2 Å². The van der Waals surface area contributed by atoms with Gasteiger partial charge in [-0.05, 0) is 43.1 Å². The first-order chi connectivity index (χ1) is 12.0. The summed E-state index contributed by atoms with van der Waals surface area (Å²) in [5, 5.41) is 0. The van der Waals surface area contributed by atoms with Gasteiger partial charge in [0.05, 0.1) is 6.04 Å². The van der Waals surface area contributed by atoms with Crippen LogP contribution in [0.25, 0.3) is 0 Å². The van der Waals surface area contributed by atoms with Crippen molar-refractivity contribution in [3.63, 3.8) is 0 Å². The van der Waals surface area contributed by atoms with Crippen molar-refractivity contribution in [2.75, 3.05) is 19.6 Å². The van der Waals surface area contributed by atoms with Crippen molar-refractivity contribution < 1.29 is 4.79 Å². The van der Waals surface area contributed by atoms with E-state index >= 15 is 0 Å². The second-order valence-electron chi connectivity index (χ2n) is 8.18. The first-order valence-corrected chi connectivity index (χ1v) is 9.87. The molecule has 1 aliphatic heterocycles. The zero-order chi connectivity index (χ0) is 17.8. The maximum absolute atomic E-state index is 12.4. The van der Waals surface area contributed by atoms with E-state index in [0.717, 1.165) is 45.1 Å². The Morgan fingerprint density at radius 3 is 2.36 bits per heavy atom. The summed E-state index contributed by atoms with van der Waals surface area (Å²) >= 11 is 0. The molecule has 3 rings (SSSR count). The number of nitrogens with two attached hydrogens (primary N) is 1. The Bertz CT molecular complexity index is 548. The Morgan fingerprint density at radius 1 is 1.16 bits per heavy atom. The van der Waals surface area contributed by atoms with Crippen molar-refractivity contribution in [3.05, 3.63) is 35.9 Å². The molecule has 1 saturated heterocycles. The molecule has 0 spiro atoms. The first kappa shape index (κ1) is 18.4. The fourth-order valence-electron chi connectivity index (χ4n) is 3.76. The quantitative estimate of drug-likeness (QED) is 0.828. The zero-order valence-corrected chi connectivity index (χ0v) is 15.7. The monoisotopic (exact) mass is 343 g/mol. The molecule has 1 amide bonds. The summed E-state index contributed by atoms with van der Waals surface area (Å²) in [6, 6.07) is 11.2. The molecule has 1 saturated carbocycles. The summed E-state index contributed by atoms with van der Waals surface area (Å²) < 4.78 is 0. The third kappa shape index (κ3) is 5.05. The van der Waals surface area contributed by atoms with E-state index in [0.29, 0.717) is 5.92 Å². The highest BCUT2D eigenvalue weighted by Gasteiger charge is 2.33. The fraction of sp³-hybridized carbons (Fsp3) is 0.667. The molecular weight excluding hydrogens is 310 g/mol. The smallest absolute Gasteiger partial charge is 0.239 e. The molecule has 0 bridgehead atoms. The van der Waals surface area contributed by atoms with Gasteiger partial charge >= 0.3 is 0 Å². The summed E-state index contributed by atoms with van der Waals surface area (Å²) in [4.78, 5) is 17.1. The molecule has 1 heterocycles. The number of rotatable bonds is 7. The van der Waals surface area contributed by atoms with Crippen LogP contribution in [0.15, 0.2) is 30.3 Å². The van der Waals surface area contributed by atoms with Crippen LogP contribution in [0.1, 0.15) is 45.1 Å². The molecule has 1 aromatic rings. The van der Waals surface area contributed by atoms with Crippen LogP contribution in [0, 0.1) is 11.8 Å². The molecule has 138 valence electrons. The van der Waals surface area contributed by atoms with Gasteiger partial charge in [-0.3, -0.25) is 9.69 Å². The SMILES string of the molecule is CC(C)C(N)C(=O)N1CCC(CN(Cc2ccccc2)C2CC2)CC1. The number of carbonyl (C=O) groups is 1. The standard InChI is InChI=1S/C21H33N3O/c1-16(2)20(22)21(25)23-12-10-18(11-13-23)15-24(19-8-9-19)14-17-6-4-3-5-7-17/h3-7,16,18-20H,8-15,22H2,1-2H3. The number of piperidine rings is 1. The molecule has 4 heteroatoms. The zero-order valence-electron chi connectivity index (χ0n) is 15.7. The lowest BCUT2D eigenvalue weighted by Gasteiger charge is -2.36. The Balaban J connectivity index is 1.49. The lowest BCUT2D eigenvalue weighted by atomic mass is 9.94. The van der Waals surface area contributed by atoms with Crippen molar-refractivity contribution >= 4 is 5.91 Å². The molecule has 4 nitrogen and oxygen atoms in total. The summed E-state index contributed by atoms with van der Waals surface area (Å²) in [5.74, 6) is 1.04. The second-order valence-corrected chi connectivity index (χ2v) is 8.18. The van der Waals surface area contributed by atoms with Gasteiger partial charge in [-0.2, -0.15) is 0 Å². The number of carbonyl (C=O) groups excluding carboxylic acids is 1. The number of amides is 1. The predicted octanol–water partition coefficient (Wildman–Crippen LogP) is 2.87. The van der Waals surface area contributed by atoms with Crippen molar-refractivity contribution in [2.24, 2.45) is 17.6 Å². The topological polar surface area (TPSA) is 49.6 Å². The third-order valence-corrected chi connectivity index (χ3v) is 5.71. The fourth-order valence-corrected chi connectivity index (χ4v) is 3.76. The van der Waals surface area contributed by atoms with Crippen LogP contribution in [0.3, 0.4) is 0 Å². The maximum Gasteiger partial charge on any atom is 0.239 e. The van der Waals surface area contributed by atoms with Gasteiger partial charge in [-0.15, -0.1) is 0 Å². The minimum atomic E-state index is -0.349. The number of hydrogen-bond donors (Lipinski definition) is 1. The van der Waals surface area contributed by atoms with Crippen LogP contribution in [-0.2, 0) is 11.3 Å². The van der Waals surface area contributed by atoms with E-state index in [4.69, 9.17) is 5.73 Å². The van der Waals surface area contributed by atoms with Gasteiger partial charge in [0.2, 0.25) is 5.91 Å². The second kappa shape index (κ2) is 8.33. The van der Waals surface area contributed by atoms with Crippen molar-refractivity contribution in [3.8, 4) is 0 Å². The molecule has 2 aliphatic rings. The van der Waals surface area contributed by atoms with E-state index in [2.05, 4.69) is 35.2 Å². The molecule has 1 unspecified atom stereocenters. The highest BCUT2D eigenvalue weighted by Crippen LogP contribution is 2.31. The van der Waals surface area contributed by atoms with E-state index in [1.807, 2.05) is 18.7 Å². The number of benzene rings is 1. The van der Waals surface area contributed by atoms with Gasteiger partial charge in [-0.25, -0.2) is 0 Å². The van der Waals surface area contributed by atoms with E-state index in [-0.39, 0.29) is 17.9 Å². The van der Waals surface area contributed by atoms with Gasteiger partial charge in [0.15, 0.2) is 0 Å². The van der Waals surface area contributed by atoms with Crippen LogP contribution in [-0.4, -0.2) is 47.4 Å². The van der Waals surface area contributed by atoms with Gasteiger partial charge < -0.3 is 10.6 Å². The Labute approximate surface area is 152 Å². The van der Waals surface area contributed by atoms with Crippen LogP contribution in [0.2, 0.25) is 0 Å². The molecule has 1 aromatic carbocycles. The minimum absolute atomic E-state index is 0.136. The number of nitrogens with zero attached hydrogens (tertiary/aromatic N) is 2. The first-order valence-electron chi connectivity index (χ1n) is 9.87. The van der Waals surface area contributed by atoms with Gasteiger partial charge in [0.1, 0.15) is 0 Å². The molecule has 0 radical (unpaired) electrons. The average Bonchev–Trinajstić information content (AvgIpc) is 3.46. The lowest BCUT2D eigenvalue weighted by molar-refractivity contribution is -0.135. The Hall–Kier alpha value is -1.39. The van der Waals surface area contributed by atoms with Crippen LogP contribution >= 0.6 is 0 Å². The molecule has 0 aromatic heterocycles. The number of hydrogen-bond acceptors (Lipinski definition) is 3. The summed E-state index contributed by atoms with van der Waals surface area (Å²) in [5.41, 5.74) is 7.45. The molecular formula is C21H33N3O. The summed E-state index contributed by atoms with van der Waals surface area (Å²) in [6.45, 7) is 8.00. The molecule has 25 heavy (non-hydrogen) atoms. The largest absolute Gasteiger partial charge is 0.341 e. The maximum atomic E-state index is 12.4. The highest BCUT2D eigenvalue weighted by atomic mass is 16.2. The molecule has 1 atom stereocenters. The van der Waals surface area contributed by atoms with Gasteiger partial charge in [0, 0.05) is 32.2 Å². The van der Waals surface area contributed by atoms with E-state index in [9.17, 15) is 4.79 Å². The van der Waals surface area contributed by atoms with Gasteiger partial charge in [0.25, 0.3) is 0 Å². The van der Waals surface area contributed by atoms with Crippen LogP contribution in [0.4, 0.5) is 0 Å². The third-order valence-electron chi connectivity index (χ3n) is 5.71. The van der Waals surface area contributed by atoms with E-state index in [1.165, 1.54) is 18.4 Å². The highest BCUT2D eigenvalue weighted by molar-refractivity contribution is 5.82. The number of likely N-dealkylation sites (tertiary alicyclic amines) is 1. The van der Waals surface area contributed by atoms with E-state index < -0.39 is 0 Å². The predicted molar refractivity (Wildman–Crippen MR) is 102 cm³/mol. The van der Waals surface area contributed by atoms with Crippen LogP contribution in [0.5, 0.6) is 0 Å².